The average Bonchev–Trinajstić information content (AvgIpc) is 2.62. The van der Waals surface area contributed by atoms with E-state index in [1.54, 1.807) is 18.2 Å². The molecule has 0 aliphatic heterocycles. The zero-order valence-corrected chi connectivity index (χ0v) is 15.4. The number of pyridine rings is 1. The van der Waals surface area contributed by atoms with Crippen molar-refractivity contribution in [2.45, 2.75) is 6.92 Å². The molecule has 136 valence electrons. The standard InChI is InChI=1S/C18H16Cl2N2O4/c1-2-25-15-6-4-3-5-12(15)7-8-17(24)26-11-16(23)22-18-14(20)9-13(19)10-21-18/h3-10H,2,11H2,1H3,(H,21,22,23)/b8-7+. The maximum atomic E-state index is 11.8. The summed E-state index contributed by atoms with van der Waals surface area (Å²) in [6.07, 6.45) is 4.12. The van der Waals surface area contributed by atoms with Crippen LogP contribution in [0.15, 0.2) is 42.6 Å². The minimum Gasteiger partial charge on any atom is -0.493 e. The molecule has 0 bridgehead atoms. The van der Waals surface area contributed by atoms with E-state index >= 15 is 0 Å². The Hall–Kier alpha value is -2.57. The fraction of sp³-hybridized carbons (Fsp3) is 0.167. The Bertz CT molecular complexity index is 825. The first-order chi connectivity index (χ1) is 12.5. The van der Waals surface area contributed by atoms with Gasteiger partial charge in [0.25, 0.3) is 5.91 Å². The Morgan fingerprint density at radius 1 is 1.27 bits per heavy atom. The van der Waals surface area contributed by atoms with Gasteiger partial charge in [-0.05, 0) is 25.1 Å². The van der Waals surface area contributed by atoms with Gasteiger partial charge in [0, 0.05) is 17.8 Å². The third-order valence-electron chi connectivity index (χ3n) is 3.03. The first-order valence-electron chi connectivity index (χ1n) is 7.67. The van der Waals surface area contributed by atoms with Crippen LogP contribution in [0, 0.1) is 0 Å². The Kier molecular flexibility index (Phi) is 7.44. The second-order valence-corrected chi connectivity index (χ2v) is 5.79. The topological polar surface area (TPSA) is 77.5 Å². The van der Waals surface area contributed by atoms with Gasteiger partial charge >= 0.3 is 5.97 Å². The molecule has 8 heteroatoms. The van der Waals surface area contributed by atoms with Crippen LogP contribution in [0.3, 0.4) is 0 Å². The van der Waals surface area contributed by atoms with E-state index in [9.17, 15) is 9.59 Å². The molecule has 26 heavy (non-hydrogen) atoms. The van der Waals surface area contributed by atoms with Gasteiger partial charge in [-0.3, -0.25) is 4.79 Å². The fourth-order valence-electron chi connectivity index (χ4n) is 1.92. The van der Waals surface area contributed by atoms with Crippen LogP contribution in [-0.2, 0) is 14.3 Å². The normalized spacial score (nSPS) is 10.6. The molecule has 0 aliphatic rings. The number of hydrogen-bond donors (Lipinski definition) is 1. The summed E-state index contributed by atoms with van der Waals surface area (Å²) in [5.41, 5.74) is 0.730. The number of nitrogens with zero attached hydrogens (tertiary/aromatic N) is 1. The average molecular weight is 395 g/mol. The number of halogens is 2. The molecule has 2 rings (SSSR count). The van der Waals surface area contributed by atoms with Gasteiger partial charge in [0.15, 0.2) is 12.4 Å². The monoisotopic (exact) mass is 394 g/mol. The molecule has 0 saturated heterocycles. The molecule has 1 N–H and O–H groups in total. The molecule has 1 aromatic heterocycles. The molecule has 0 aliphatic carbocycles. The fourth-order valence-corrected chi connectivity index (χ4v) is 2.35. The van der Waals surface area contributed by atoms with E-state index in [4.69, 9.17) is 32.7 Å². The lowest BCUT2D eigenvalue weighted by atomic mass is 10.2. The lowest BCUT2D eigenvalue weighted by Gasteiger charge is -2.07. The minimum atomic E-state index is -0.665. The molecule has 2 aromatic rings. The van der Waals surface area contributed by atoms with E-state index in [0.717, 1.165) is 5.56 Å². The van der Waals surface area contributed by atoms with Crippen molar-refractivity contribution in [1.82, 2.24) is 4.98 Å². The number of nitrogens with one attached hydrogen (secondary N) is 1. The molecule has 1 heterocycles. The van der Waals surface area contributed by atoms with E-state index in [2.05, 4.69) is 10.3 Å². The number of benzene rings is 1. The van der Waals surface area contributed by atoms with E-state index in [1.165, 1.54) is 18.3 Å². The number of anilines is 1. The third kappa shape index (κ3) is 6.06. The van der Waals surface area contributed by atoms with Gasteiger partial charge in [0.1, 0.15) is 5.75 Å². The summed E-state index contributed by atoms with van der Waals surface area (Å²) < 4.78 is 10.3. The van der Waals surface area contributed by atoms with E-state index in [-0.39, 0.29) is 10.8 Å². The first kappa shape index (κ1) is 19.8. The highest BCUT2D eigenvalue weighted by Crippen LogP contribution is 2.22. The van der Waals surface area contributed by atoms with E-state index in [0.29, 0.717) is 17.4 Å². The molecule has 0 saturated carbocycles. The van der Waals surface area contributed by atoms with Gasteiger partial charge < -0.3 is 14.8 Å². The predicted octanol–water partition coefficient (Wildman–Crippen LogP) is 3.98. The van der Waals surface area contributed by atoms with Gasteiger partial charge in [-0.1, -0.05) is 41.4 Å². The molecule has 0 spiro atoms. The van der Waals surface area contributed by atoms with Gasteiger partial charge in [-0.2, -0.15) is 0 Å². The maximum Gasteiger partial charge on any atom is 0.331 e. The molecular weight excluding hydrogens is 379 g/mol. The summed E-state index contributed by atoms with van der Waals surface area (Å²) in [5, 5.41) is 2.96. The third-order valence-corrected chi connectivity index (χ3v) is 3.52. The largest absolute Gasteiger partial charge is 0.493 e. The molecule has 1 amide bonds. The van der Waals surface area contributed by atoms with Crippen molar-refractivity contribution in [2.75, 3.05) is 18.5 Å². The van der Waals surface area contributed by atoms with Crippen LogP contribution in [0.5, 0.6) is 5.75 Å². The van der Waals surface area contributed by atoms with Gasteiger partial charge in [0.2, 0.25) is 0 Å². The number of aromatic nitrogens is 1. The zero-order chi connectivity index (χ0) is 18.9. The van der Waals surface area contributed by atoms with Crippen LogP contribution in [0.1, 0.15) is 12.5 Å². The van der Waals surface area contributed by atoms with Crippen LogP contribution >= 0.6 is 23.2 Å². The number of carbonyl (C=O) groups is 2. The number of amides is 1. The van der Waals surface area contributed by atoms with Gasteiger partial charge in [0.05, 0.1) is 16.7 Å². The molecule has 6 nitrogen and oxygen atoms in total. The number of carbonyl (C=O) groups excluding carboxylic acids is 2. The van der Waals surface area contributed by atoms with E-state index in [1.807, 2.05) is 19.1 Å². The van der Waals surface area contributed by atoms with E-state index < -0.39 is 18.5 Å². The van der Waals surface area contributed by atoms with Crippen molar-refractivity contribution >= 4 is 47.0 Å². The smallest absolute Gasteiger partial charge is 0.331 e. The quantitative estimate of drug-likeness (QED) is 0.567. The number of para-hydroxylation sites is 1. The lowest BCUT2D eigenvalue weighted by molar-refractivity contribution is -0.142. The molecule has 0 unspecified atom stereocenters. The highest BCUT2D eigenvalue weighted by Gasteiger charge is 2.10. The molecule has 0 radical (unpaired) electrons. The van der Waals surface area contributed by atoms with Crippen molar-refractivity contribution in [3.8, 4) is 5.75 Å². The highest BCUT2D eigenvalue weighted by molar-refractivity contribution is 6.36. The molecule has 1 aromatic carbocycles. The van der Waals surface area contributed by atoms with Crippen LogP contribution in [-0.4, -0.2) is 30.1 Å². The van der Waals surface area contributed by atoms with Crippen LogP contribution in [0.25, 0.3) is 6.08 Å². The summed E-state index contributed by atoms with van der Waals surface area (Å²) in [6, 6.07) is 8.70. The lowest BCUT2D eigenvalue weighted by Crippen LogP contribution is -2.20. The van der Waals surface area contributed by atoms with Crippen LogP contribution in [0.2, 0.25) is 10.0 Å². The number of ether oxygens (including phenoxy) is 2. The van der Waals surface area contributed by atoms with Crippen molar-refractivity contribution < 1.29 is 19.1 Å². The Labute approximate surface area is 160 Å². The van der Waals surface area contributed by atoms with Crippen LogP contribution in [0.4, 0.5) is 5.82 Å². The summed E-state index contributed by atoms with van der Waals surface area (Å²) >= 11 is 11.6. The van der Waals surface area contributed by atoms with Gasteiger partial charge in [-0.25, -0.2) is 9.78 Å². The van der Waals surface area contributed by atoms with Crippen LogP contribution < -0.4 is 10.1 Å². The minimum absolute atomic E-state index is 0.137. The van der Waals surface area contributed by atoms with Gasteiger partial charge in [-0.15, -0.1) is 0 Å². The molecule has 0 fully saturated rings. The van der Waals surface area contributed by atoms with Crippen molar-refractivity contribution in [1.29, 1.82) is 0 Å². The molecular formula is C18H16Cl2N2O4. The highest BCUT2D eigenvalue weighted by atomic mass is 35.5. The Balaban J connectivity index is 1.87. The first-order valence-corrected chi connectivity index (χ1v) is 8.42. The predicted molar refractivity (Wildman–Crippen MR) is 100 cm³/mol. The van der Waals surface area contributed by atoms with Crippen molar-refractivity contribution in [3.63, 3.8) is 0 Å². The zero-order valence-electron chi connectivity index (χ0n) is 13.9. The number of rotatable bonds is 7. The summed E-state index contributed by atoms with van der Waals surface area (Å²) in [4.78, 5) is 27.5. The second kappa shape index (κ2) is 9.79. The number of esters is 1. The summed E-state index contributed by atoms with van der Waals surface area (Å²) in [7, 11) is 0. The number of hydrogen-bond acceptors (Lipinski definition) is 5. The maximum absolute atomic E-state index is 11.8. The SMILES string of the molecule is CCOc1ccccc1/C=C/C(=O)OCC(=O)Nc1ncc(Cl)cc1Cl. The second-order valence-electron chi connectivity index (χ2n) is 4.94. The Morgan fingerprint density at radius 2 is 2.04 bits per heavy atom. The Morgan fingerprint density at radius 3 is 2.77 bits per heavy atom. The summed E-state index contributed by atoms with van der Waals surface area (Å²) in [6.45, 7) is 1.91. The molecule has 0 atom stereocenters. The van der Waals surface area contributed by atoms with Crippen molar-refractivity contribution in [3.05, 3.63) is 58.2 Å². The van der Waals surface area contributed by atoms with Crippen molar-refractivity contribution in [2.24, 2.45) is 0 Å². The summed E-state index contributed by atoms with van der Waals surface area (Å²) in [5.74, 6) is -0.446.